The number of phenolic OH excluding ortho intramolecular Hbond substituents is 1. The maximum Gasteiger partial charge on any atom is 0.264 e. The van der Waals surface area contributed by atoms with Crippen molar-refractivity contribution in [1.29, 1.82) is 5.41 Å². The number of benzene rings is 5. The van der Waals surface area contributed by atoms with Gasteiger partial charge in [0.2, 0.25) is 5.91 Å². The average molecular weight is 914 g/mol. The van der Waals surface area contributed by atoms with Crippen LogP contribution in [0.25, 0.3) is 11.3 Å². The van der Waals surface area contributed by atoms with Crippen LogP contribution in [-0.4, -0.2) is 107 Å². The van der Waals surface area contributed by atoms with E-state index in [9.17, 15) is 9.90 Å². The lowest BCUT2D eigenvalue weighted by Crippen LogP contribution is -2.43. The summed E-state index contributed by atoms with van der Waals surface area (Å²) in [6.45, 7) is 10.1. The fourth-order valence-electron chi connectivity index (χ4n) is 9.74. The Morgan fingerprint density at radius 3 is 2.32 bits per heavy atom. The molecule has 1 atom stereocenters. The van der Waals surface area contributed by atoms with Crippen LogP contribution in [0, 0.1) is 12.3 Å². The number of carbonyl (C=O) groups excluding carboxylic acids is 3. The zero-order valence-corrected chi connectivity index (χ0v) is 39.3. The maximum atomic E-state index is 15.2. The van der Waals surface area contributed by atoms with Crippen LogP contribution in [-0.2, 0) is 48.9 Å². The van der Waals surface area contributed by atoms with Crippen LogP contribution in [0.2, 0.25) is 0 Å². The molecule has 0 saturated carbocycles. The molecule has 3 aliphatic rings. The topological polar surface area (TPSA) is 144 Å². The second-order valence-electron chi connectivity index (χ2n) is 18.0. The van der Waals surface area contributed by atoms with Crippen molar-refractivity contribution in [1.82, 2.24) is 19.3 Å². The number of aromatic hydroxyl groups is 1. The standard InChI is InChI=1S/C55H59N7O6/c1-36-27-39-7-5-6-8-41(39)35-61(36)54(65)50-31-43-34-60(53(64)28-38-9-16-47(17-10-38)68-26-23-59-21-24-67-25-22-59)20-19-40(43)30-49(50)52-32-48(37(2)58(52)4)55(66)62(44-11-14-46(63)15-12-44)45-13-18-51(57-3)42(29-45)33-56/h5-18,29-33,36,56-57,63H,19-28,34-35H2,1-4H3/t36-/m1/s1. The van der Waals surface area contributed by atoms with Crippen molar-refractivity contribution in [3.8, 4) is 22.8 Å². The molecule has 350 valence electrons. The van der Waals surface area contributed by atoms with E-state index in [1.165, 1.54) is 11.8 Å². The molecule has 0 bridgehead atoms. The summed E-state index contributed by atoms with van der Waals surface area (Å²) in [5.74, 6) is 0.442. The summed E-state index contributed by atoms with van der Waals surface area (Å²) in [5.41, 5.74) is 10.8. The molecule has 68 heavy (non-hydrogen) atoms. The van der Waals surface area contributed by atoms with Gasteiger partial charge in [-0.15, -0.1) is 0 Å². The summed E-state index contributed by atoms with van der Waals surface area (Å²) in [6, 6.07) is 33.8. The maximum absolute atomic E-state index is 15.2. The van der Waals surface area contributed by atoms with E-state index in [0.29, 0.717) is 72.1 Å². The smallest absolute Gasteiger partial charge is 0.264 e. The first-order valence-corrected chi connectivity index (χ1v) is 23.4. The molecule has 3 N–H and O–H groups in total. The number of carbonyl (C=O) groups is 3. The predicted octanol–water partition coefficient (Wildman–Crippen LogP) is 8.15. The highest BCUT2D eigenvalue weighted by Crippen LogP contribution is 2.38. The Hall–Kier alpha value is -7.22. The summed E-state index contributed by atoms with van der Waals surface area (Å²) >= 11 is 0. The number of phenols is 1. The minimum atomic E-state index is -0.310. The van der Waals surface area contributed by atoms with Crippen LogP contribution in [0.15, 0.2) is 109 Å². The van der Waals surface area contributed by atoms with Crippen molar-refractivity contribution < 1.29 is 29.0 Å². The lowest BCUT2D eigenvalue weighted by Gasteiger charge is -2.36. The summed E-state index contributed by atoms with van der Waals surface area (Å²) in [7, 11) is 3.70. The molecule has 6 aromatic rings. The number of fused-ring (bicyclic) bond motifs is 2. The number of anilines is 3. The summed E-state index contributed by atoms with van der Waals surface area (Å²) in [4.78, 5) is 51.9. The first kappa shape index (κ1) is 45.9. The monoisotopic (exact) mass is 913 g/mol. The van der Waals surface area contributed by atoms with Crippen LogP contribution < -0.4 is 15.0 Å². The Bertz CT molecular complexity index is 2850. The molecule has 5 aromatic carbocycles. The van der Waals surface area contributed by atoms with Crippen molar-refractivity contribution in [2.45, 2.75) is 52.2 Å². The summed E-state index contributed by atoms with van der Waals surface area (Å²) in [5, 5.41) is 21.4. The SMILES string of the molecule is CNc1ccc(N(C(=O)c2cc(-c3cc4c(cc3C(=O)N3Cc5ccccc5C[C@H]3C)CN(C(=O)Cc3ccc(OCCN5CCOCC5)cc3)CC4)n(C)c2C)c2ccc(O)cc2)cc1C=N. The Kier molecular flexibility index (Phi) is 13.5. The molecule has 3 amide bonds. The summed E-state index contributed by atoms with van der Waals surface area (Å²) < 4.78 is 13.4. The molecule has 13 heteroatoms. The van der Waals surface area contributed by atoms with E-state index in [-0.39, 0.29) is 35.9 Å². The molecule has 13 nitrogen and oxygen atoms in total. The van der Waals surface area contributed by atoms with Crippen molar-refractivity contribution in [2.24, 2.45) is 7.05 Å². The zero-order chi connectivity index (χ0) is 47.5. The lowest BCUT2D eigenvalue weighted by molar-refractivity contribution is -0.131. The van der Waals surface area contributed by atoms with Gasteiger partial charge in [-0.05, 0) is 127 Å². The van der Waals surface area contributed by atoms with Gasteiger partial charge in [-0.2, -0.15) is 0 Å². The van der Waals surface area contributed by atoms with Gasteiger partial charge >= 0.3 is 0 Å². The van der Waals surface area contributed by atoms with Crippen molar-refractivity contribution >= 4 is 41.0 Å². The number of aromatic nitrogens is 1. The molecule has 3 aliphatic heterocycles. The fraction of sp³-hybridized carbons (Fsp3) is 0.309. The second-order valence-corrected chi connectivity index (χ2v) is 18.0. The van der Waals surface area contributed by atoms with E-state index in [1.807, 2.05) is 89.0 Å². The minimum Gasteiger partial charge on any atom is -0.508 e. The number of nitrogens with one attached hydrogen (secondary N) is 2. The highest BCUT2D eigenvalue weighted by Gasteiger charge is 2.33. The lowest BCUT2D eigenvalue weighted by atomic mass is 9.89. The van der Waals surface area contributed by atoms with E-state index in [4.69, 9.17) is 14.9 Å². The second kappa shape index (κ2) is 19.9. The first-order valence-electron chi connectivity index (χ1n) is 23.4. The van der Waals surface area contributed by atoms with Gasteiger partial charge in [-0.1, -0.05) is 36.4 Å². The molecule has 0 aliphatic carbocycles. The molecular weight excluding hydrogens is 855 g/mol. The van der Waals surface area contributed by atoms with Gasteiger partial charge in [0, 0.05) is 105 Å². The zero-order valence-electron chi connectivity index (χ0n) is 39.3. The quantitative estimate of drug-likeness (QED) is 0.0986. The van der Waals surface area contributed by atoms with Crippen LogP contribution >= 0.6 is 0 Å². The average Bonchev–Trinajstić information content (AvgIpc) is 3.66. The van der Waals surface area contributed by atoms with E-state index in [2.05, 4.69) is 35.3 Å². The Labute approximate surface area is 398 Å². The van der Waals surface area contributed by atoms with Gasteiger partial charge in [-0.3, -0.25) is 24.2 Å². The van der Waals surface area contributed by atoms with E-state index >= 15 is 9.59 Å². The molecule has 9 rings (SSSR count). The van der Waals surface area contributed by atoms with Crippen LogP contribution in [0.4, 0.5) is 17.1 Å². The third-order valence-electron chi connectivity index (χ3n) is 13.8. The van der Waals surface area contributed by atoms with Crippen molar-refractivity contribution in [2.75, 3.05) is 63.3 Å². The van der Waals surface area contributed by atoms with Crippen molar-refractivity contribution in [3.05, 3.63) is 159 Å². The number of rotatable bonds is 13. The van der Waals surface area contributed by atoms with E-state index in [1.54, 1.807) is 42.3 Å². The van der Waals surface area contributed by atoms with E-state index < -0.39 is 0 Å². The van der Waals surface area contributed by atoms with Gasteiger partial charge in [0.1, 0.15) is 18.1 Å². The largest absolute Gasteiger partial charge is 0.508 e. The van der Waals surface area contributed by atoms with Crippen molar-refractivity contribution in [3.63, 3.8) is 0 Å². The normalized spacial score (nSPS) is 15.9. The van der Waals surface area contributed by atoms with E-state index in [0.717, 1.165) is 78.5 Å². The number of ether oxygens (including phenoxy) is 2. The Morgan fingerprint density at radius 1 is 0.853 bits per heavy atom. The molecule has 4 heterocycles. The highest BCUT2D eigenvalue weighted by atomic mass is 16.5. The first-order chi connectivity index (χ1) is 33.0. The van der Waals surface area contributed by atoms with Crippen LogP contribution in [0.3, 0.4) is 0 Å². The minimum absolute atomic E-state index is 0.0163. The predicted molar refractivity (Wildman–Crippen MR) is 266 cm³/mol. The molecule has 1 saturated heterocycles. The number of morpholine rings is 1. The van der Waals surface area contributed by atoms with Gasteiger partial charge in [0.05, 0.1) is 30.9 Å². The molecular formula is C55H59N7O6. The van der Waals surface area contributed by atoms with Crippen LogP contribution in [0.5, 0.6) is 11.5 Å². The van der Waals surface area contributed by atoms with Gasteiger partial charge in [0.15, 0.2) is 0 Å². The van der Waals surface area contributed by atoms with Crippen LogP contribution in [0.1, 0.15) is 66.7 Å². The number of amides is 3. The fourth-order valence-corrected chi connectivity index (χ4v) is 9.74. The van der Waals surface area contributed by atoms with Gasteiger partial charge in [-0.25, -0.2) is 0 Å². The molecule has 1 aromatic heterocycles. The molecule has 0 unspecified atom stereocenters. The number of hydrogen-bond acceptors (Lipinski definition) is 9. The third-order valence-corrected chi connectivity index (χ3v) is 13.8. The number of nitrogens with zero attached hydrogens (tertiary/aromatic N) is 5. The Morgan fingerprint density at radius 2 is 1.59 bits per heavy atom. The molecule has 0 spiro atoms. The molecule has 0 radical (unpaired) electrons. The van der Waals surface area contributed by atoms with Gasteiger partial charge in [0.25, 0.3) is 11.8 Å². The number of hydrogen-bond donors (Lipinski definition) is 3. The summed E-state index contributed by atoms with van der Waals surface area (Å²) in [6.07, 6.45) is 2.83. The highest BCUT2D eigenvalue weighted by molar-refractivity contribution is 6.13. The third kappa shape index (κ3) is 9.49. The van der Waals surface area contributed by atoms with Gasteiger partial charge < -0.3 is 39.7 Å². The Balaban J connectivity index is 1.03. The molecule has 1 fully saturated rings.